The summed E-state index contributed by atoms with van der Waals surface area (Å²) < 4.78 is 2.32. The van der Waals surface area contributed by atoms with Gasteiger partial charge in [-0.3, -0.25) is 9.79 Å². The molecule has 1 aliphatic heterocycles. The minimum absolute atomic E-state index is 0.0595. The topological polar surface area (TPSA) is 54.4 Å². The van der Waals surface area contributed by atoms with Crippen LogP contribution >= 0.6 is 34.9 Å². The predicted octanol–water partition coefficient (Wildman–Crippen LogP) is 3.00. The van der Waals surface area contributed by atoms with Gasteiger partial charge in [0, 0.05) is 17.9 Å². The van der Waals surface area contributed by atoms with Gasteiger partial charge in [0.15, 0.2) is 9.51 Å². The number of thiazole rings is 1. The van der Waals surface area contributed by atoms with Crippen LogP contribution in [0.2, 0.25) is 0 Å². The molecule has 7 heteroatoms. The van der Waals surface area contributed by atoms with E-state index in [2.05, 4.69) is 21.4 Å². The first-order valence-corrected chi connectivity index (χ1v) is 8.86. The van der Waals surface area contributed by atoms with Crippen molar-refractivity contribution in [3.63, 3.8) is 0 Å². The lowest BCUT2D eigenvalue weighted by Crippen LogP contribution is -2.24. The molecule has 20 heavy (non-hydrogen) atoms. The Morgan fingerprint density at radius 2 is 2.35 bits per heavy atom. The minimum Gasteiger partial charge on any atom is -0.306 e. The van der Waals surface area contributed by atoms with Gasteiger partial charge in [-0.25, -0.2) is 4.98 Å². The molecule has 0 spiro atoms. The third-order valence-electron chi connectivity index (χ3n) is 2.67. The molecular weight excluding hydrogens is 310 g/mol. The average Bonchev–Trinajstić information content (AvgIpc) is 3.01. The van der Waals surface area contributed by atoms with Crippen molar-refractivity contribution in [2.24, 2.45) is 4.99 Å². The van der Waals surface area contributed by atoms with Gasteiger partial charge in [0.1, 0.15) is 0 Å². The zero-order valence-corrected chi connectivity index (χ0v) is 13.3. The summed E-state index contributed by atoms with van der Waals surface area (Å²) in [5.41, 5.74) is 1.06. The van der Waals surface area contributed by atoms with Crippen molar-refractivity contribution in [1.29, 1.82) is 0 Å². The van der Waals surface area contributed by atoms with E-state index in [0.717, 1.165) is 27.3 Å². The maximum atomic E-state index is 11.0. The van der Waals surface area contributed by atoms with Crippen LogP contribution in [0.15, 0.2) is 33.6 Å². The molecule has 0 aliphatic carbocycles. The molecule has 1 N–H and O–H groups in total. The van der Waals surface area contributed by atoms with Crippen molar-refractivity contribution >= 4 is 56.2 Å². The molecule has 3 rings (SSSR count). The molecule has 4 nitrogen and oxygen atoms in total. The Bertz CT molecular complexity index is 635. The van der Waals surface area contributed by atoms with Crippen LogP contribution in [0.4, 0.5) is 0 Å². The van der Waals surface area contributed by atoms with Crippen molar-refractivity contribution in [2.45, 2.75) is 16.5 Å². The van der Waals surface area contributed by atoms with Gasteiger partial charge in [0.2, 0.25) is 5.91 Å². The lowest BCUT2D eigenvalue weighted by Gasteiger charge is -2.05. The van der Waals surface area contributed by atoms with Crippen molar-refractivity contribution < 1.29 is 4.79 Å². The van der Waals surface area contributed by atoms with E-state index in [1.165, 1.54) is 11.6 Å². The van der Waals surface area contributed by atoms with E-state index >= 15 is 0 Å². The standard InChI is InChI=1S/C13H13N3OS3/c1-8(17)15-12-14-6-9(19-12)7-18-13-16-10-4-2-3-5-11(10)20-13/h2-5,9H,6-7H2,1H3,(H,14,15,17)/t9-/m1/s1. The molecule has 0 unspecified atom stereocenters. The van der Waals surface area contributed by atoms with E-state index in [9.17, 15) is 4.79 Å². The second-order valence-electron chi connectivity index (χ2n) is 4.33. The number of rotatable bonds is 3. The Hall–Kier alpha value is -1.05. The number of benzene rings is 1. The summed E-state index contributed by atoms with van der Waals surface area (Å²) in [4.78, 5) is 19.9. The molecule has 1 amide bonds. The van der Waals surface area contributed by atoms with Crippen LogP contribution in [-0.2, 0) is 4.79 Å². The lowest BCUT2D eigenvalue weighted by atomic mass is 10.3. The fourth-order valence-electron chi connectivity index (χ4n) is 1.80. The summed E-state index contributed by atoms with van der Waals surface area (Å²) in [5.74, 6) is 0.896. The number of thioether (sulfide) groups is 2. The normalized spacial score (nSPS) is 18.2. The van der Waals surface area contributed by atoms with Gasteiger partial charge in [-0.05, 0) is 12.1 Å². The summed E-state index contributed by atoms with van der Waals surface area (Å²) >= 11 is 5.13. The van der Waals surface area contributed by atoms with Crippen molar-refractivity contribution in [2.75, 3.05) is 12.3 Å². The molecule has 0 bridgehead atoms. The number of carbonyl (C=O) groups is 1. The zero-order chi connectivity index (χ0) is 13.9. The summed E-state index contributed by atoms with van der Waals surface area (Å²) in [5, 5.41) is 3.90. The summed E-state index contributed by atoms with van der Waals surface area (Å²) in [6.07, 6.45) is 0. The highest BCUT2D eigenvalue weighted by Crippen LogP contribution is 2.32. The van der Waals surface area contributed by atoms with Crippen LogP contribution in [0, 0.1) is 0 Å². The van der Waals surface area contributed by atoms with E-state index in [4.69, 9.17) is 0 Å². The molecule has 0 radical (unpaired) electrons. The van der Waals surface area contributed by atoms with Crippen LogP contribution in [0.1, 0.15) is 6.92 Å². The summed E-state index contributed by atoms with van der Waals surface area (Å²) in [6.45, 7) is 2.27. The molecular formula is C13H13N3OS3. The largest absolute Gasteiger partial charge is 0.306 e. The number of nitrogens with one attached hydrogen (secondary N) is 1. The molecule has 0 saturated carbocycles. The van der Waals surface area contributed by atoms with Gasteiger partial charge in [0.05, 0.1) is 16.8 Å². The van der Waals surface area contributed by atoms with E-state index in [0.29, 0.717) is 5.25 Å². The Kier molecular flexibility index (Phi) is 4.28. The smallest absolute Gasteiger partial charge is 0.222 e. The van der Waals surface area contributed by atoms with Crippen LogP contribution in [0.3, 0.4) is 0 Å². The molecule has 0 fully saturated rings. The van der Waals surface area contributed by atoms with Crippen molar-refractivity contribution in [1.82, 2.24) is 10.3 Å². The number of carbonyl (C=O) groups excluding carboxylic acids is 1. The fourth-order valence-corrected chi connectivity index (χ4v) is 5.10. The van der Waals surface area contributed by atoms with Gasteiger partial charge in [-0.2, -0.15) is 0 Å². The van der Waals surface area contributed by atoms with Gasteiger partial charge in [-0.1, -0.05) is 35.7 Å². The first-order valence-electron chi connectivity index (χ1n) is 6.18. The average molecular weight is 323 g/mol. The van der Waals surface area contributed by atoms with E-state index in [-0.39, 0.29) is 5.91 Å². The number of hydrogen-bond donors (Lipinski definition) is 1. The summed E-state index contributed by atoms with van der Waals surface area (Å²) in [6, 6.07) is 8.18. The quantitative estimate of drug-likeness (QED) is 0.882. The van der Waals surface area contributed by atoms with Crippen molar-refractivity contribution in [3.05, 3.63) is 24.3 Å². The molecule has 0 saturated heterocycles. The Morgan fingerprint density at radius 1 is 1.50 bits per heavy atom. The molecule has 104 valence electrons. The number of aromatic nitrogens is 1. The molecule has 2 heterocycles. The predicted molar refractivity (Wildman–Crippen MR) is 87.8 cm³/mol. The first-order chi connectivity index (χ1) is 9.70. The maximum absolute atomic E-state index is 11.0. The third kappa shape index (κ3) is 3.34. The Labute approximate surface area is 129 Å². The second kappa shape index (κ2) is 6.15. The lowest BCUT2D eigenvalue weighted by molar-refractivity contribution is -0.117. The first kappa shape index (κ1) is 13.9. The molecule has 1 aromatic heterocycles. The Balaban J connectivity index is 1.54. The van der Waals surface area contributed by atoms with Crippen LogP contribution in [-0.4, -0.2) is 33.6 Å². The van der Waals surface area contributed by atoms with Crippen LogP contribution in [0.5, 0.6) is 0 Å². The molecule has 1 aromatic carbocycles. The van der Waals surface area contributed by atoms with Crippen molar-refractivity contribution in [3.8, 4) is 0 Å². The number of aliphatic imine (C=N–C) groups is 1. The third-order valence-corrected chi connectivity index (χ3v) is 6.32. The molecule has 1 aliphatic rings. The number of fused-ring (bicyclic) bond motifs is 1. The van der Waals surface area contributed by atoms with E-state index in [1.807, 2.05) is 18.2 Å². The van der Waals surface area contributed by atoms with Crippen LogP contribution in [0.25, 0.3) is 10.2 Å². The summed E-state index contributed by atoms with van der Waals surface area (Å²) in [7, 11) is 0. The molecule has 1 atom stereocenters. The van der Waals surface area contributed by atoms with Gasteiger partial charge in [-0.15, -0.1) is 11.3 Å². The number of amidine groups is 1. The highest BCUT2D eigenvalue weighted by atomic mass is 32.2. The van der Waals surface area contributed by atoms with Crippen LogP contribution < -0.4 is 5.32 Å². The number of para-hydroxylation sites is 1. The van der Waals surface area contributed by atoms with Gasteiger partial charge < -0.3 is 5.32 Å². The fraction of sp³-hybridized carbons (Fsp3) is 0.308. The van der Waals surface area contributed by atoms with E-state index < -0.39 is 0 Å². The van der Waals surface area contributed by atoms with Gasteiger partial charge >= 0.3 is 0 Å². The number of hydrogen-bond acceptors (Lipinski definition) is 6. The minimum atomic E-state index is -0.0595. The second-order valence-corrected chi connectivity index (χ2v) is 7.91. The zero-order valence-electron chi connectivity index (χ0n) is 10.8. The van der Waals surface area contributed by atoms with Gasteiger partial charge in [0.25, 0.3) is 0 Å². The molecule has 2 aromatic rings. The highest BCUT2D eigenvalue weighted by molar-refractivity contribution is 8.15. The van der Waals surface area contributed by atoms with E-state index in [1.54, 1.807) is 34.9 Å². The Morgan fingerprint density at radius 3 is 3.15 bits per heavy atom. The highest BCUT2D eigenvalue weighted by Gasteiger charge is 2.21. The number of nitrogens with zero attached hydrogens (tertiary/aromatic N) is 2. The monoisotopic (exact) mass is 323 g/mol. The number of amides is 1. The SMILES string of the molecule is CC(=O)NC1=NC[C@H](CSc2nc3ccccc3s2)S1. The maximum Gasteiger partial charge on any atom is 0.222 e.